The van der Waals surface area contributed by atoms with Crippen molar-refractivity contribution in [2.45, 2.75) is 45.4 Å². The van der Waals surface area contributed by atoms with Gasteiger partial charge < -0.3 is 0 Å². The van der Waals surface area contributed by atoms with Gasteiger partial charge in [-0.1, -0.05) is 39.2 Å². The van der Waals surface area contributed by atoms with E-state index in [1.165, 1.54) is 37.8 Å². The van der Waals surface area contributed by atoms with Crippen molar-refractivity contribution in [2.75, 3.05) is 0 Å². The van der Waals surface area contributed by atoms with Crippen LogP contribution >= 0.6 is 0 Å². The minimum atomic E-state index is 0.987. The smallest absolute Gasteiger partial charge is 0.0847 e. The summed E-state index contributed by atoms with van der Waals surface area (Å²) in [6.07, 6.45) is 9.60. The van der Waals surface area contributed by atoms with Crippen LogP contribution in [0.25, 0.3) is 6.08 Å². The molecule has 0 saturated carbocycles. The van der Waals surface area contributed by atoms with Crippen LogP contribution in [0.2, 0.25) is 0 Å². The summed E-state index contributed by atoms with van der Waals surface area (Å²) in [6, 6.07) is 2.13. The van der Waals surface area contributed by atoms with Gasteiger partial charge in [0.05, 0.1) is 5.69 Å². The third kappa shape index (κ3) is 3.90. The standard InChI is InChI=1S/C13H22N2/c1-4-6-7-8-9-10-13-11-12(5-2)14-15(13)3/h5,11H,2,4,6-10H2,1,3H3. The first kappa shape index (κ1) is 12.0. The first-order chi connectivity index (χ1) is 7.27. The first-order valence-electron chi connectivity index (χ1n) is 5.93. The summed E-state index contributed by atoms with van der Waals surface area (Å²) in [5, 5.41) is 4.34. The molecule has 0 unspecified atom stereocenters. The maximum absolute atomic E-state index is 4.34. The summed E-state index contributed by atoms with van der Waals surface area (Å²) in [7, 11) is 2.01. The summed E-state index contributed by atoms with van der Waals surface area (Å²) in [5.41, 5.74) is 2.31. The number of nitrogens with zero attached hydrogens (tertiary/aromatic N) is 2. The highest BCUT2D eigenvalue weighted by atomic mass is 15.3. The Bertz CT molecular complexity index is 299. The van der Waals surface area contributed by atoms with Crippen molar-refractivity contribution in [3.63, 3.8) is 0 Å². The van der Waals surface area contributed by atoms with Crippen LogP contribution in [0.5, 0.6) is 0 Å². The Kier molecular flexibility index (Phi) is 5.16. The van der Waals surface area contributed by atoms with Crippen LogP contribution in [0.15, 0.2) is 12.6 Å². The van der Waals surface area contributed by atoms with Crippen molar-refractivity contribution in [3.8, 4) is 0 Å². The molecular weight excluding hydrogens is 184 g/mol. The normalized spacial score (nSPS) is 10.5. The zero-order valence-electron chi connectivity index (χ0n) is 10.00. The van der Waals surface area contributed by atoms with Crippen LogP contribution in [0.4, 0.5) is 0 Å². The second kappa shape index (κ2) is 6.44. The van der Waals surface area contributed by atoms with Crippen LogP contribution in [0, 0.1) is 0 Å². The Labute approximate surface area is 93.0 Å². The third-order valence-corrected chi connectivity index (χ3v) is 2.74. The fourth-order valence-electron chi connectivity index (χ4n) is 1.77. The first-order valence-corrected chi connectivity index (χ1v) is 5.93. The van der Waals surface area contributed by atoms with E-state index in [0.717, 1.165) is 12.1 Å². The molecule has 1 aromatic heterocycles. The van der Waals surface area contributed by atoms with Crippen LogP contribution in [-0.2, 0) is 13.5 Å². The molecule has 84 valence electrons. The molecule has 0 saturated heterocycles. The molecule has 0 atom stereocenters. The van der Waals surface area contributed by atoms with Crippen molar-refractivity contribution in [1.29, 1.82) is 0 Å². The highest BCUT2D eigenvalue weighted by molar-refractivity contribution is 5.41. The number of unbranched alkanes of at least 4 members (excludes halogenated alkanes) is 4. The second-order valence-electron chi connectivity index (χ2n) is 4.05. The minimum Gasteiger partial charge on any atom is -0.272 e. The van der Waals surface area contributed by atoms with Gasteiger partial charge >= 0.3 is 0 Å². The molecule has 0 aliphatic rings. The van der Waals surface area contributed by atoms with Crippen LogP contribution < -0.4 is 0 Å². The van der Waals surface area contributed by atoms with Gasteiger partial charge in [-0.3, -0.25) is 4.68 Å². The quantitative estimate of drug-likeness (QED) is 0.623. The molecule has 2 nitrogen and oxygen atoms in total. The highest BCUT2D eigenvalue weighted by Gasteiger charge is 2.01. The summed E-state index contributed by atoms with van der Waals surface area (Å²) >= 11 is 0. The lowest BCUT2D eigenvalue weighted by molar-refractivity contribution is 0.609. The van der Waals surface area contributed by atoms with Crippen molar-refractivity contribution >= 4 is 6.08 Å². The third-order valence-electron chi connectivity index (χ3n) is 2.74. The largest absolute Gasteiger partial charge is 0.272 e. The maximum Gasteiger partial charge on any atom is 0.0847 e. The molecule has 0 bridgehead atoms. The van der Waals surface area contributed by atoms with Crippen molar-refractivity contribution in [1.82, 2.24) is 9.78 Å². The predicted molar refractivity (Wildman–Crippen MR) is 65.8 cm³/mol. The Morgan fingerprint density at radius 1 is 1.33 bits per heavy atom. The van der Waals surface area contributed by atoms with E-state index in [-0.39, 0.29) is 0 Å². The molecule has 0 aromatic carbocycles. The predicted octanol–water partition coefficient (Wildman–Crippen LogP) is 3.58. The number of aromatic nitrogens is 2. The molecule has 0 amide bonds. The molecule has 1 aromatic rings. The Morgan fingerprint density at radius 3 is 2.67 bits per heavy atom. The summed E-state index contributed by atoms with van der Waals surface area (Å²) in [6.45, 7) is 5.98. The molecule has 1 rings (SSSR count). The van der Waals surface area contributed by atoms with E-state index in [2.05, 4.69) is 24.7 Å². The van der Waals surface area contributed by atoms with E-state index in [0.29, 0.717) is 0 Å². The highest BCUT2D eigenvalue weighted by Crippen LogP contribution is 2.10. The van der Waals surface area contributed by atoms with E-state index < -0.39 is 0 Å². The molecule has 0 spiro atoms. The van der Waals surface area contributed by atoms with E-state index >= 15 is 0 Å². The van der Waals surface area contributed by atoms with Gasteiger partial charge in [-0.25, -0.2) is 0 Å². The molecule has 15 heavy (non-hydrogen) atoms. The Balaban J connectivity index is 2.30. The zero-order valence-corrected chi connectivity index (χ0v) is 10.00. The summed E-state index contributed by atoms with van der Waals surface area (Å²) in [4.78, 5) is 0. The van der Waals surface area contributed by atoms with Crippen molar-refractivity contribution in [2.24, 2.45) is 7.05 Å². The molecule has 0 N–H and O–H groups in total. The lowest BCUT2D eigenvalue weighted by atomic mass is 10.1. The van der Waals surface area contributed by atoms with Gasteiger partial charge in [0.25, 0.3) is 0 Å². The van der Waals surface area contributed by atoms with Gasteiger partial charge in [-0.15, -0.1) is 0 Å². The van der Waals surface area contributed by atoms with Gasteiger partial charge in [0.2, 0.25) is 0 Å². The molecule has 0 aliphatic heterocycles. The molecule has 1 heterocycles. The lowest BCUT2D eigenvalue weighted by Gasteiger charge is -2.01. The van der Waals surface area contributed by atoms with Crippen molar-refractivity contribution in [3.05, 3.63) is 24.0 Å². The van der Waals surface area contributed by atoms with E-state index in [1.807, 2.05) is 11.7 Å². The second-order valence-corrected chi connectivity index (χ2v) is 4.05. The van der Waals surface area contributed by atoms with Crippen molar-refractivity contribution < 1.29 is 0 Å². The van der Waals surface area contributed by atoms with Crippen LogP contribution in [0.3, 0.4) is 0 Å². The lowest BCUT2D eigenvalue weighted by Crippen LogP contribution is -1.98. The average Bonchev–Trinajstić information content (AvgIpc) is 2.59. The Hall–Kier alpha value is -1.05. The molecule has 0 radical (unpaired) electrons. The average molecular weight is 206 g/mol. The fourth-order valence-corrected chi connectivity index (χ4v) is 1.77. The maximum atomic E-state index is 4.34. The van der Waals surface area contributed by atoms with Gasteiger partial charge in [0.15, 0.2) is 0 Å². The van der Waals surface area contributed by atoms with Gasteiger partial charge in [0, 0.05) is 12.7 Å². The van der Waals surface area contributed by atoms with Crippen LogP contribution in [-0.4, -0.2) is 9.78 Å². The number of rotatable bonds is 7. The summed E-state index contributed by atoms with van der Waals surface area (Å²) in [5.74, 6) is 0. The number of hydrogen-bond donors (Lipinski definition) is 0. The number of hydrogen-bond acceptors (Lipinski definition) is 1. The topological polar surface area (TPSA) is 17.8 Å². The Morgan fingerprint density at radius 2 is 2.07 bits per heavy atom. The molecule has 2 heteroatoms. The minimum absolute atomic E-state index is 0.987. The van der Waals surface area contributed by atoms with Gasteiger partial charge in [0.1, 0.15) is 0 Å². The fraction of sp³-hybridized carbons (Fsp3) is 0.615. The summed E-state index contributed by atoms with van der Waals surface area (Å²) < 4.78 is 1.97. The monoisotopic (exact) mass is 206 g/mol. The van der Waals surface area contributed by atoms with Gasteiger partial charge in [-0.2, -0.15) is 5.10 Å². The van der Waals surface area contributed by atoms with E-state index in [1.54, 1.807) is 6.08 Å². The van der Waals surface area contributed by atoms with E-state index in [4.69, 9.17) is 0 Å². The number of aryl methyl sites for hydroxylation is 2. The zero-order chi connectivity index (χ0) is 11.1. The van der Waals surface area contributed by atoms with Crippen LogP contribution in [0.1, 0.15) is 50.4 Å². The molecule has 0 aliphatic carbocycles. The molecule has 0 fully saturated rings. The van der Waals surface area contributed by atoms with Gasteiger partial charge in [-0.05, 0) is 25.0 Å². The molecular formula is C13H22N2. The van der Waals surface area contributed by atoms with E-state index in [9.17, 15) is 0 Å². The SMILES string of the molecule is C=Cc1cc(CCCCCCC)n(C)n1.